The number of nitrogens with one attached hydrogen (secondary N) is 1. The smallest absolute Gasteiger partial charge is 0.347 e. The number of urea groups is 1. The van der Waals surface area contributed by atoms with Crippen LogP contribution in [0.2, 0.25) is 0 Å². The van der Waals surface area contributed by atoms with Crippen LogP contribution in [0.4, 0.5) is 4.79 Å². The van der Waals surface area contributed by atoms with E-state index in [1.54, 1.807) is 5.32 Å². The molecule has 0 fully saturated rings. The zero-order valence-corrected chi connectivity index (χ0v) is 6.22. The van der Waals surface area contributed by atoms with Gasteiger partial charge in [-0.25, -0.2) is 14.9 Å². The van der Waals surface area contributed by atoms with Gasteiger partial charge >= 0.3 is 12.0 Å². The van der Waals surface area contributed by atoms with Gasteiger partial charge in [0.25, 0.3) is 5.91 Å². The van der Waals surface area contributed by atoms with E-state index in [1.165, 1.54) is 0 Å². The lowest BCUT2D eigenvalue weighted by Crippen LogP contribution is -2.43. The third-order valence-corrected chi connectivity index (χ3v) is 1.33. The van der Waals surface area contributed by atoms with Crippen LogP contribution in [-0.2, 0) is 9.59 Å². The van der Waals surface area contributed by atoms with E-state index in [-0.39, 0.29) is 0 Å². The number of aliphatic carboxylic acids is 1. The number of imide groups is 1. The fourth-order valence-electron chi connectivity index (χ4n) is 0.716. The summed E-state index contributed by atoms with van der Waals surface area (Å²) in [4.78, 5) is 31.5. The predicted molar refractivity (Wildman–Crippen MR) is 37.4 cm³/mol. The van der Waals surface area contributed by atoms with E-state index in [1.807, 2.05) is 0 Å². The van der Waals surface area contributed by atoms with Crippen LogP contribution >= 0.6 is 0 Å². The number of carboxylic acid groups (broad SMARTS) is 1. The first-order valence-corrected chi connectivity index (χ1v) is 3.19. The van der Waals surface area contributed by atoms with Crippen molar-refractivity contribution < 1.29 is 24.6 Å². The Morgan fingerprint density at radius 3 is 2.62 bits per heavy atom. The Bertz CT molecular complexity index is 308. The lowest BCUT2D eigenvalue weighted by atomic mass is 10.1. The minimum absolute atomic E-state index is 0.466. The van der Waals surface area contributed by atoms with Gasteiger partial charge in [-0.05, 0) is 0 Å². The number of carbonyl (C=O) groups is 3. The van der Waals surface area contributed by atoms with Crippen LogP contribution in [0, 0.1) is 0 Å². The molecule has 1 aliphatic heterocycles. The van der Waals surface area contributed by atoms with Crippen molar-refractivity contribution in [2.45, 2.75) is 6.10 Å². The number of aliphatic hydroxyl groups excluding tert-OH is 1. The molecule has 69 valence electrons. The summed E-state index contributed by atoms with van der Waals surface area (Å²) in [5.41, 5.74) is -0.466. The third-order valence-electron chi connectivity index (χ3n) is 1.33. The van der Waals surface area contributed by atoms with Gasteiger partial charge in [0.15, 0.2) is 6.10 Å². The number of hydrogen-bond donors (Lipinski definition) is 3. The highest BCUT2D eigenvalue weighted by atomic mass is 16.4. The third kappa shape index (κ3) is 1.82. The molecule has 0 aliphatic carbocycles. The molecule has 0 saturated heterocycles. The molecule has 1 atom stereocenters. The van der Waals surface area contributed by atoms with Crippen molar-refractivity contribution >= 4 is 17.9 Å². The average Bonchev–Trinajstić information content (AvgIpc) is 2.03. The van der Waals surface area contributed by atoms with E-state index in [0.29, 0.717) is 0 Å². The molecule has 1 radical (unpaired) electrons. The summed E-state index contributed by atoms with van der Waals surface area (Å²) in [6, 6.07) is -0.883. The van der Waals surface area contributed by atoms with Gasteiger partial charge in [-0.15, -0.1) is 0 Å². The zero-order valence-electron chi connectivity index (χ0n) is 6.22. The summed E-state index contributed by atoms with van der Waals surface area (Å²) in [5.74, 6) is -2.53. The maximum atomic E-state index is 10.9. The monoisotopic (exact) mass is 185 g/mol. The Kier molecular flexibility index (Phi) is 2.29. The molecule has 1 rings (SSSR count). The van der Waals surface area contributed by atoms with Crippen LogP contribution in [0.3, 0.4) is 0 Å². The Labute approximate surface area is 72.0 Å². The van der Waals surface area contributed by atoms with Gasteiger partial charge in [0.2, 0.25) is 0 Å². The lowest BCUT2D eigenvalue weighted by molar-refractivity contribution is -0.145. The second kappa shape index (κ2) is 3.23. The molecule has 1 unspecified atom stereocenters. The minimum Gasteiger partial charge on any atom is -0.479 e. The van der Waals surface area contributed by atoms with E-state index in [9.17, 15) is 14.4 Å². The van der Waals surface area contributed by atoms with E-state index in [2.05, 4.69) is 5.32 Å². The van der Waals surface area contributed by atoms with E-state index >= 15 is 0 Å². The molecule has 7 nitrogen and oxygen atoms in total. The lowest BCUT2D eigenvalue weighted by Gasteiger charge is -2.13. The Hall–Kier alpha value is -1.89. The van der Waals surface area contributed by atoms with Crippen molar-refractivity contribution in [3.05, 3.63) is 11.8 Å². The topological polar surface area (TPSA) is 118 Å². The number of aliphatic hydroxyl groups is 1. The maximum Gasteiger partial charge on any atom is 0.347 e. The van der Waals surface area contributed by atoms with Gasteiger partial charge < -0.3 is 10.2 Å². The van der Waals surface area contributed by atoms with Crippen molar-refractivity contribution in [3.63, 3.8) is 0 Å². The van der Waals surface area contributed by atoms with E-state index in [0.717, 1.165) is 6.20 Å². The van der Waals surface area contributed by atoms with Crippen LogP contribution in [-0.4, -0.2) is 34.2 Å². The molecular weight excluding hydrogens is 180 g/mol. The number of nitrogens with zero attached hydrogens (tertiary/aromatic N) is 1. The fraction of sp³-hybridized carbons (Fsp3) is 0.167. The zero-order chi connectivity index (χ0) is 10.0. The SMILES string of the molecule is O=C1[N]C=C(C(O)C(=O)O)C(=O)N1. The predicted octanol–water partition coefficient (Wildman–Crippen LogP) is -1.83. The second-order valence-corrected chi connectivity index (χ2v) is 2.21. The van der Waals surface area contributed by atoms with Gasteiger partial charge in [-0.1, -0.05) is 0 Å². The average molecular weight is 185 g/mol. The van der Waals surface area contributed by atoms with Crippen molar-refractivity contribution in [2.75, 3.05) is 0 Å². The Balaban J connectivity index is 2.86. The molecule has 1 aliphatic rings. The summed E-state index contributed by atoms with van der Waals surface area (Å²) in [7, 11) is 0. The second-order valence-electron chi connectivity index (χ2n) is 2.21. The van der Waals surface area contributed by atoms with Crippen molar-refractivity contribution in [2.24, 2.45) is 0 Å². The van der Waals surface area contributed by atoms with Crippen LogP contribution in [0.1, 0.15) is 0 Å². The first kappa shape index (κ1) is 9.20. The van der Waals surface area contributed by atoms with Gasteiger partial charge in [0.05, 0.1) is 5.57 Å². The Morgan fingerprint density at radius 1 is 1.54 bits per heavy atom. The highest BCUT2D eigenvalue weighted by Gasteiger charge is 2.29. The van der Waals surface area contributed by atoms with E-state index in [4.69, 9.17) is 10.2 Å². The fourth-order valence-corrected chi connectivity index (χ4v) is 0.716. The number of rotatable bonds is 2. The summed E-state index contributed by atoms with van der Waals surface area (Å²) in [6.07, 6.45) is -1.23. The van der Waals surface area contributed by atoms with Gasteiger partial charge in [-0.2, -0.15) is 0 Å². The number of carbonyl (C=O) groups excluding carboxylic acids is 2. The van der Waals surface area contributed by atoms with Crippen LogP contribution in [0.25, 0.3) is 0 Å². The number of hydrogen-bond acceptors (Lipinski definition) is 4. The quantitative estimate of drug-likeness (QED) is 0.467. The summed E-state index contributed by atoms with van der Waals surface area (Å²) in [6.45, 7) is 0. The van der Waals surface area contributed by atoms with E-state index < -0.39 is 29.6 Å². The highest BCUT2D eigenvalue weighted by Crippen LogP contribution is 2.05. The van der Waals surface area contributed by atoms with Gasteiger partial charge in [0, 0.05) is 6.20 Å². The molecule has 0 aromatic rings. The minimum atomic E-state index is -1.96. The first-order chi connectivity index (χ1) is 6.02. The van der Waals surface area contributed by atoms with Crippen LogP contribution in [0.5, 0.6) is 0 Å². The van der Waals surface area contributed by atoms with Gasteiger partial charge in [0.1, 0.15) is 0 Å². The molecule has 3 N–H and O–H groups in total. The summed E-state index contributed by atoms with van der Waals surface area (Å²) < 4.78 is 0. The van der Waals surface area contributed by atoms with Crippen molar-refractivity contribution in [1.82, 2.24) is 10.6 Å². The number of amides is 3. The first-order valence-electron chi connectivity index (χ1n) is 3.19. The molecule has 13 heavy (non-hydrogen) atoms. The largest absolute Gasteiger partial charge is 0.479 e. The molecule has 0 aromatic heterocycles. The van der Waals surface area contributed by atoms with Crippen LogP contribution in [0.15, 0.2) is 11.8 Å². The maximum absolute atomic E-state index is 10.9. The molecule has 0 aromatic carbocycles. The summed E-state index contributed by atoms with van der Waals surface area (Å²) in [5, 5.41) is 22.1. The number of carboxylic acids is 1. The molecule has 7 heteroatoms. The van der Waals surface area contributed by atoms with Crippen molar-refractivity contribution in [3.8, 4) is 0 Å². The molecule has 0 saturated carbocycles. The molecule has 0 bridgehead atoms. The molecular formula is C6H5N2O5. The molecule has 1 heterocycles. The van der Waals surface area contributed by atoms with Crippen LogP contribution < -0.4 is 10.6 Å². The van der Waals surface area contributed by atoms with Crippen molar-refractivity contribution in [1.29, 1.82) is 0 Å². The van der Waals surface area contributed by atoms with Gasteiger partial charge in [-0.3, -0.25) is 10.1 Å². The standard InChI is InChI=1S/C6H5N2O5/c9-3(5(11)12)2-1-7-6(13)8-4(2)10/h1,3,9H,(H,11,12)(H,8,10,13). The molecule has 0 spiro atoms. The highest BCUT2D eigenvalue weighted by molar-refractivity contribution is 6.09. The normalized spacial score (nSPS) is 18.4. The summed E-state index contributed by atoms with van der Waals surface area (Å²) >= 11 is 0. The Morgan fingerprint density at radius 2 is 2.15 bits per heavy atom. The molecule has 3 amide bonds.